The largest absolute Gasteiger partial charge is 0.425 e. The number of nitrogens with zero attached hydrogens (tertiary/aromatic N) is 2. The molecule has 2 fully saturated rings. The molecule has 0 amide bonds. The highest BCUT2D eigenvalue weighted by molar-refractivity contribution is 4.97. The third kappa shape index (κ3) is 1.47. The van der Waals surface area contributed by atoms with Crippen LogP contribution in [0.15, 0.2) is 4.42 Å². The Morgan fingerprint density at radius 2 is 2.00 bits per heavy atom. The van der Waals surface area contributed by atoms with E-state index in [0.29, 0.717) is 5.92 Å². The van der Waals surface area contributed by atoms with Crippen molar-refractivity contribution < 1.29 is 4.42 Å². The van der Waals surface area contributed by atoms with E-state index < -0.39 is 0 Å². The van der Waals surface area contributed by atoms with E-state index in [0.717, 1.165) is 24.1 Å². The Morgan fingerprint density at radius 3 is 2.62 bits per heavy atom. The van der Waals surface area contributed by atoms with E-state index in [-0.39, 0.29) is 0 Å². The van der Waals surface area contributed by atoms with Crippen molar-refractivity contribution in [1.82, 2.24) is 10.2 Å². The zero-order chi connectivity index (χ0) is 8.67. The first-order valence-corrected chi connectivity index (χ1v) is 5.24. The van der Waals surface area contributed by atoms with Crippen molar-refractivity contribution in [3.63, 3.8) is 0 Å². The van der Waals surface area contributed by atoms with E-state index in [1.54, 1.807) is 0 Å². The summed E-state index contributed by atoms with van der Waals surface area (Å²) < 4.78 is 5.62. The van der Waals surface area contributed by atoms with Crippen molar-refractivity contribution in [3.05, 3.63) is 11.8 Å². The first-order chi connectivity index (χ1) is 6.42. The highest BCUT2D eigenvalue weighted by Gasteiger charge is 2.27. The lowest BCUT2D eigenvalue weighted by Gasteiger charge is -2.20. The minimum absolute atomic E-state index is 0.584. The third-order valence-electron chi connectivity index (χ3n) is 3.10. The van der Waals surface area contributed by atoms with Gasteiger partial charge in [-0.1, -0.05) is 6.42 Å². The fraction of sp³-hybridized carbons (Fsp3) is 0.800. The van der Waals surface area contributed by atoms with Gasteiger partial charge in [0.05, 0.1) is 0 Å². The van der Waals surface area contributed by atoms with E-state index in [1.807, 2.05) is 0 Å². The van der Waals surface area contributed by atoms with Crippen molar-refractivity contribution in [2.45, 2.75) is 44.4 Å². The van der Waals surface area contributed by atoms with Crippen molar-refractivity contribution >= 4 is 0 Å². The Morgan fingerprint density at radius 1 is 1.15 bits per heavy atom. The Hall–Kier alpha value is -0.860. The van der Waals surface area contributed by atoms with Crippen LogP contribution in [0.1, 0.15) is 49.8 Å². The van der Waals surface area contributed by atoms with Gasteiger partial charge in [-0.3, -0.25) is 0 Å². The molecule has 0 saturated heterocycles. The second-order valence-electron chi connectivity index (χ2n) is 4.31. The van der Waals surface area contributed by atoms with Gasteiger partial charge in [-0.25, -0.2) is 0 Å². The van der Waals surface area contributed by atoms with E-state index >= 15 is 0 Å². The van der Waals surface area contributed by atoms with Crippen LogP contribution in [0, 0.1) is 5.92 Å². The van der Waals surface area contributed by atoms with Gasteiger partial charge in [0, 0.05) is 12.3 Å². The van der Waals surface area contributed by atoms with Crippen LogP contribution >= 0.6 is 0 Å². The van der Waals surface area contributed by atoms with Crippen molar-refractivity contribution in [2.75, 3.05) is 0 Å². The topological polar surface area (TPSA) is 38.9 Å². The second kappa shape index (κ2) is 2.82. The predicted molar refractivity (Wildman–Crippen MR) is 47.3 cm³/mol. The fourth-order valence-corrected chi connectivity index (χ4v) is 1.74. The molecule has 0 radical (unpaired) electrons. The standard InChI is InChI=1S/C10H14N2O/c1-2-8(3-1)10-12-11-9(13-10)6-7-4-5-7/h7-8H,1-6H2. The van der Waals surface area contributed by atoms with Crippen molar-refractivity contribution in [2.24, 2.45) is 5.92 Å². The first kappa shape index (κ1) is 7.54. The highest BCUT2D eigenvalue weighted by Crippen LogP contribution is 2.36. The van der Waals surface area contributed by atoms with E-state index in [9.17, 15) is 0 Å². The molecule has 1 heterocycles. The lowest BCUT2D eigenvalue weighted by molar-refractivity contribution is 0.323. The minimum Gasteiger partial charge on any atom is -0.425 e. The summed E-state index contributed by atoms with van der Waals surface area (Å²) in [6.07, 6.45) is 7.52. The SMILES string of the molecule is C1CC(c2nnc(CC3CC3)o2)C1. The highest BCUT2D eigenvalue weighted by atomic mass is 16.4. The molecule has 0 unspecified atom stereocenters. The summed E-state index contributed by atoms with van der Waals surface area (Å²) in [5.41, 5.74) is 0. The summed E-state index contributed by atoms with van der Waals surface area (Å²) in [6.45, 7) is 0. The van der Waals surface area contributed by atoms with Crippen molar-refractivity contribution in [3.8, 4) is 0 Å². The first-order valence-electron chi connectivity index (χ1n) is 5.24. The second-order valence-corrected chi connectivity index (χ2v) is 4.31. The van der Waals surface area contributed by atoms with Crippen LogP contribution in [0.2, 0.25) is 0 Å². The average molecular weight is 178 g/mol. The van der Waals surface area contributed by atoms with Gasteiger partial charge in [-0.2, -0.15) is 0 Å². The van der Waals surface area contributed by atoms with Gasteiger partial charge >= 0.3 is 0 Å². The Bertz CT molecular complexity index is 300. The molecule has 0 spiro atoms. The quantitative estimate of drug-likeness (QED) is 0.712. The molecule has 3 rings (SSSR count). The Kier molecular flexibility index (Phi) is 1.64. The average Bonchev–Trinajstić information content (AvgIpc) is 2.69. The van der Waals surface area contributed by atoms with Crippen molar-refractivity contribution in [1.29, 1.82) is 0 Å². The number of hydrogen-bond acceptors (Lipinski definition) is 3. The van der Waals surface area contributed by atoms with Crippen LogP contribution in [0.25, 0.3) is 0 Å². The summed E-state index contributed by atoms with van der Waals surface area (Å²) in [5.74, 6) is 3.18. The predicted octanol–water partition coefficient (Wildman–Crippen LogP) is 2.29. The maximum Gasteiger partial charge on any atom is 0.219 e. The molecule has 1 aromatic heterocycles. The number of hydrogen-bond donors (Lipinski definition) is 0. The summed E-state index contributed by atoms with van der Waals surface area (Å²) in [4.78, 5) is 0. The van der Waals surface area contributed by atoms with Crippen LogP contribution in [0.4, 0.5) is 0 Å². The molecule has 13 heavy (non-hydrogen) atoms. The molecule has 0 atom stereocenters. The van der Waals surface area contributed by atoms with Gasteiger partial charge in [0.25, 0.3) is 0 Å². The summed E-state index contributed by atoms with van der Waals surface area (Å²) in [6, 6.07) is 0. The van der Waals surface area contributed by atoms with Gasteiger partial charge in [0.15, 0.2) is 0 Å². The molecule has 2 aliphatic carbocycles. The normalized spacial score (nSPS) is 23.1. The molecule has 70 valence electrons. The fourth-order valence-electron chi connectivity index (χ4n) is 1.74. The molecular formula is C10H14N2O. The van der Waals surface area contributed by atoms with E-state index in [1.165, 1.54) is 32.1 Å². The number of rotatable bonds is 3. The van der Waals surface area contributed by atoms with Crippen LogP contribution in [-0.2, 0) is 6.42 Å². The van der Waals surface area contributed by atoms with Gasteiger partial charge in [0.1, 0.15) is 0 Å². The minimum atomic E-state index is 0.584. The molecule has 0 aliphatic heterocycles. The summed E-state index contributed by atoms with van der Waals surface area (Å²) in [5, 5.41) is 8.18. The van der Waals surface area contributed by atoms with E-state index in [4.69, 9.17) is 4.42 Å². The zero-order valence-electron chi connectivity index (χ0n) is 7.70. The van der Waals surface area contributed by atoms with Gasteiger partial charge in [0.2, 0.25) is 11.8 Å². The molecule has 3 heteroatoms. The molecule has 2 saturated carbocycles. The van der Waals surface area contributed by atoms with Gasteiger partial charge in [-0.15, -0.1) is 10.2 Å². The molecule has 0 N–H and O–H groups in total. The monoisotopic (exact) mass is 178 g/mol. The molecule has 3 nitrogen and oxygen atoms in total. The third-order valence-corrected chi connectivity index (χ3v) is 3.10. The zero-order valence-corrected chi connectivity index (χ0v) is 7.70. The maximum atomic E-state index is 5.62. The molecular weight excluding hydrogens is 164 g/mol. The molecule has 1 aromatic rings. The molecule has 2 aliphatic rings. The van der Waals surface area contributed by atoms with Crippen LogP contribution < -0.4 is 0 Å². The Balaban J connectivity index is 1.69. The summed E-state index contributed by atoms with van der Waals surface area (Å²) >= 11 is 0. The lowest BCUT2D eigenvalue weighted by atomic mass is 9.85. The van der Waals surface area contributed by atoms with Crippen LogP contribution in [0.3, 0.4) is 0 Å². The van der Waals surface area contributed by atoms with Gasteiger partial charge < -0.3 is 4.42 Å². The van der Waals surface area contributed by atoms with Crippen LogP contribution in [-0.4, -0.2) is 10.2 Å². The molecule has 0 aromatic carbocycles. The van der Waals surface area contributed by atoms with Gasteiger partial charge in [-0.05, 0) is 31.6 Å². The number of aromatic nitrogens is 2. The van der Waals surface area contributed by atoms with E-state index in [2.05, 4.69) is 10.2 Å². The smallest absolute Gasteiger partial charge is 0.219 e. The lowest BCUT2D eigenvalue weighted by Crippen LogP contribution is -2.08. The Labute approximate surface area is 77.5 Å². The van der Waals surface area contributed by atoms with Crippen LogP contribution in [0.5, 0.6) is 0 Å². The molecule has 0 bridgehead atoms. The summed E-state index contributed by atoms with van der Waals surface area (Å²) in [7, 11) is 0. The maximum absolute atomic E-state index is 5.62.